The van der Waals surface area contributed by atoms with E-state index < -0.39 is 10.0 Å². The smallest absolute Gasteiger partial charge is 0.232 e. The maximum Gasteiger partial charge on any atom is 0.232 e. The highest BCUT2D eigenvalue weighted by molar-refractivity contribution is 7.92. The monoisotopic (exact) mass is 514 g/mol. The highest BCUT2D eigenvalue weighted by atomic mass is 32.2. The van der Waals surface area contributed by atoms with Crippen LogP contribution in [0.4, 0.5) is 17.2 Å². The average Bonchev–Trinajstić information content (AvgIpc) is 3.42. The van der Waals surface area contributed by atoms with E-state index in [4.69, 9.17) is 4.74 Å². The summed E-state index contributed by atoms with van der Waals surface area (Å²) in [5, 5.41) is 3.32. The Morgan fingerprint density at radius 3 is 2.46 bits per heavy atom. The van der Waals surface area contributed by atoms with Gasteiger partial charge in [0.05, 0.1) is 17.6 Å². The first-order chi connectivity index (χ1) is 18.0. The van der Waals surface area contributed by atoms with Gasteiger partial charge in [0.25, 0.3) is 0 Å². The second kappa shape index (κ2) is 11.0. The normalized spacial score (nSPS) is 13.9. The molecule has 1 fully saturated rings. The Labute approximate surface area is 218 Å². The van der Waals surface area contributed by atoms with Gasteiger partial charge in [-0.1, -0.05) is 61.4 Å². The van der Waals surface area contributed by atoms with Gasteiger partial charge >= 0.3 is 0 Å². The lowest BCUT2D eigenvalue weighted by Gasteiger charge is -2.29. The Bertz CT molecular complexity index is 1450. The summed E-state index contributed by atoms with van der Waals surface area (Å²) in [4.78, 5) is 8.87. The van der Waals surface area contributed by atoms with Crippen molar-refractivity contribution in [3.8, 4) is 17.0 Å². The minimum absolute atomic E-state index is 0.00305. The van der Waals surface area contributed by atoms with Gasteiger partial charge in [-0.15, -0.1) is 0 Å². The fraction of sp³-hybridized carbons (Fsp3) is 0.241. The molecule has 0 aliphatic heterocycles. The van der Waals surface area contributed by atoms with Crippen LogP contribution in [0.5, 0.6) is 5.75 Å². The van der Waals surface area contributed by atoms with Crippen LogP contribution in [0.1, 0.15) is 31.2 Å². The zero-order chi connectivity index (χ0) is 25.7. The number of benzene rings is 3. The Hall–Kier alpha value is -3.91. The van der Waals surface area contributed by atoms with Gasteiger partial charge in [-0.2, -0.15) is 0 Å². The Kier molecular flexibility index (Phi) is 7.37. The van der Waals surface area contributed by atoms with Gasteiger partial charge in [-0.25, -0.2) is 18.4 Å². The zero-order valence-corrected chi connectivity index (χ0v) is 21.6. The molecule has 37 heavy (non-hydrogen) atoms. The van der Waals surface area contributed by atoms with E-state index in [2.05, 4.69) is 15.3 Å². The number of nitrogens with zero attached hydrogens (tertiary/aromatic N) is 3. The van der Waals surface area contributed by atoms with Crippen molar-refractivity contribution in [3.05, 3.63) is 96.8 Å². The summed E-state index contributed by atoms with van der Waals surface area (Å²) in [6.07, 6.45) is 6.65. The highest BCUT2D eigenvalue weighted by Crippen LogP contribution is 2.33. The van der Waals surface area contributed by atoms with E-state index in [1.807, 2.05) is 84.9 Å². The molecule has 7 nitrogen and oxygen atoms in total. The van der Waals surface area contributed by atoms with Crippen LogP contribution in [0.3, 0.4) is 0 Å². The molecule has 8 heteroatoms. The van der Waals surface area contributed by atoms with Crippen LogP contribution >= 0.6 is 0 Å². The quantitative estimate of drug-likeness (QED) is 0.287. The van der Waals surface area contributed by atoms with Crippen LogP contribution in [-0.2, 0) is 16.6 Å². The third-order valence-corrected chi connectivity index (χ3v) is 7.68. The molecule has 0 atom stereocenters. The third-order valence-electron chi connectivity index (χ3n) is 6.45. The van der Waals surface area contributed by atoms with Gasteiger partial charge < -0.3 is 10.1 Å². The molecule has 0 unspecified atom stereocenters. The fourth-order valence-corrected chi connectivity index (χ4v) is 6.04. The Morgan fingerprint density at radius 1 is 0.919 bits per heavy atom. The molecule has 4 aromatic rings. The van der Waals surface area contributed by atoms with Crippen molar-refractivity contribution in [1.29, 1.82) is 0 Å². The predicted molar refractivity (Wildman–Crippen MR) is 148 cm³/mol. The molecule has 1 heterocycles. The van der Waals surface area contributed by atoms with Crippen LogP contribution in [0.15, 0.2) is 91.3 Å². The first-order valence-electron chi connectivity index (χ1n) is 12.4. The first-order valence-corrected chi connectivity index (χ1v) is 14.3. The van der Waals surface area contributed by atoms with Crippen molar-refractivity contribution >= 4 is 27.2 Å². The maximum atomic E-state index is 12.6. The van der Waals surface area contributed by atoms with Crippen LogP contribution in [-0.4, -0.2) is 30.7 Å². The number of sulfonamides is 1. The van der Waals surface area contributed by atoms with E-state index in [-0.39, 0.29) is 6.04 Å². The van der Waals surface area contributed by atoms with Gasteiger partial charge in [-0.05, 0) is 48.7 Å². The van der Waals surface area contributed by atoms with Crippen LogP contribution in [0.2, 0.25) is 0 Å². The topological polar surface area (TPSA) is 84.4 Å². The molecule has 3 aromatic carbocycles. The lowest BCUT2D eigenvalue weighted by Crippen LogP contribution is -2.38. The molecule has 1 N–H and O–H groups in total. The molecule has 190 valence electrons. The van der Waals surface area contributed by atoms with Gasteiger partial charge in [0.15, 0.2) is 0 Å². The number of ether oxygens (including phenoxy) is 1. The number of aromatic nitrogens is 2. The molecule has 1 aromatic heterocycles. The molecule has 1 saturated carbocycles. The molecular formula is C29H30N4O3S. The van der Waals surface area contributed by atoms with Crippen molar-refractivity contribution in [2.75, 3.05) is 15.9 Å². The van der Waals surface area contributed by atoms with Crippen molar-refractivity contribution < 1.29 is 13.2 Å². The summed E-state index contributed by atoms with van der Waals surface area (Å²) < 4.78 is 33.0. The van der Waals surface area contributed by atoms with Gasteiger partial charge in [0.2, 0.25) is 10.0 Å². The average molecular weight is 515 g/mol. The molecule has 0 saturated heterocycles. The van der Waals surface area contributed by atoms with E-state index in [0.717, 1.165) is 53.9 Å². The third kappa shape index (κ3) is 6.09. The van der Waals surface area contributed by atoms with Crippen LogP contribution in [0.25, 0.3) is 11.3 Å². The molecule has 1 aliphatic rings. The molecule has 0 radical (unpaired) electrons. The van der Waals surface area contributed by atoms with Gasteiger partial charge in [-0.3, -0.25) is 4.31 Å². The van der Waals surface area contributed by atoms with E-state index in [1.54, 1.807) is 4.31 Å². The molecule has 0 bridgehead atoms. The van der Waals surface area contributed by atoms with Crippen molar-refractivity contribution in [2.24, 2.45) is 0 Å². The summed E-state index contributed by atoms with van der Waals surface area (Å²) >= 11 is 0. The molecular weight excluding hydrogens is 484 g/mol. The standard InChI is InChI=1S/C29H30N4O3S/c1-37(34,35)33(24-13-5-6-14-24)25-15-9-12-23(18-25)32-29-19-27(30-21-31-29)26-16-7-8-17-28(26)36-20-22-10-3-2-4-11-22/h2-4,7-12,15-19,21,24H,5-6,13-14,20H2,1H3,(H,30,31,32). The second-order valence-corrected chi connectivity index (χ2v) is 11.1. The second-order valence-electron chi connectivity index (χ2n) is 9.23. The lowest BCUT2D eigenvalue weighted by molar-refractivity contribution is 0.307. The number of anilines is 3. The molecule has 0 spiro atoms. The minimum Gasteiger partial charge on any atom is -0.488 e. The summed E-state index contributed by atoms with van der Waals surface area (Å²) in [7, 11) is -3.40. The number of para-hydroxylation sites is 1. The maximum absolute atomic E-state index is 12.6. The zero-order valence-electron chi connectivity index (χ0n) is 20.7. The molecule has 1 aliphatic carbocycles. The van der Waals surface area contributed by atoms with Gasteiger partial charge in [0, 0.05) is 23.4 Å². The number of hydrogen-bond acceptors (Lipinski definition) is 6. The van der Waals surface area contributed by atoms with Crippen molar-refractivity contribution in [3.63, 3.8) is 0 Å². The van der Waals surface area contributed by atoms with E-state index in [9.17, 15) is 8.42 Å². The van der Waals surface area contributed by atoms with Crippen LogP contribution in [0, 0.1) is 0 Å². The summed E-state index contributed by atoms with van der Waals surface area (Å²) in [6.45, 7) is 0.457. The Morgan fingerprint density at radius 2 is 1.68 bits per heavy atom. The van der Waals surface area contributed by atoms with E-state index in [0.29, 0.717) is 18.1 Å². The SMILES string of the molecule is CS(=O)(=O)N(c1cccc(Nc2cc(-c3ccccc3OCc3ccccc3)ncn2)c1)C1CCCC1. The predicted octanol–water partition coefficient (Wildman–Crippen LogP) is 6.17. The number of nitrogens with one attached hydrogen (secondary N) is 1. The number of hydrogen-bond donors (Lipinski definition) is 1. The van der Waals surface area contributed by atoms with E-state index in [1.165, 1.54) is 12.6 Å². The first kappa shape index (κ1) is 24.8. The fourth-order valence-electron chi connectivity index (χ4n) is 4.79. The molecule has 0 amide bonds. The lowest BCUT2D eigenvalue weighted by atomic mass is 10.1. The van der Waals surface area contributed by atoms with E-state index >= 15 is 0 Å². The molecule has 5 rings (SSSR count). The van der Waals surface area contributed by atoms with Crippen molar-refractivity contribution in [1.82, 2.24) is 9.97 Å². The summed E-state index contributed by atoms with van der Waals surface area (Å²) in [5.74, 6) is 1.34. The Balaban J connectivity index is 1.37. The summed E-state index contributed by atoms with van der Waals surface area (Å²) in [6, 6.07) is 27.1. The summed E-state index contributed by atoms with van der Waals surface area (Å²) in [5.41, 5.74) is 4.09. The minimum atomic E-state index is -3.40. The largest absolute Gasteiger partial charge is 0.488 e. The van der Waals surface area contributed by atoms with Gasteiger partial charge in [0.1, 0.15) is 24.5 Å². The van der Waals surface area contributed by atoms with Crippen molar-refractivity contribution in [2.45, 2.75) is 38.3 Å². The van der Waals surface area contributed by atoms with Crippen LogP contribution < -0.4 is 14.4 Å². The highest BCUT2D eigenvalue weighted by Gasteiger charge is 2.29. The number of rotatable bonds is 9.